The second-order valence-electron chi connectivity index (χ2n) is 11.3. The highest BCUT2D eigenvalue weighted by Crippen LogP contribution is 2.60. The number of fused-ring (bicyclic) bond motifs is 1. The minimum Gasteiger partial charge on any atom is -0.393 e. The van der Waals surface area contributed by atoms with E-state index in [1.807, 2.05) is 13.8 Å². The highest BCUT2D eigenvalue weighted by Gasteiger charge is 2.51. The van der Waals surface area contributed by atoms with Gasteiger partial charge in [0.1, 0.15) is 0 Å². The van der Waals surface area contributed by atoms with Crippen LogP contribution in [-0.2, 0) is 0 Å². The normalized spacial score (nSPS) is 37.4. The van der Waals surface area contributed by atoms with Crippen molar-refractivity contribution < 1.29 is 15.3 Å². The van der Waals surface area contributed by atoms with E-state index in [0.717, 1.165) is 19.3 Å². The lowest BCUT2D eigenvalue weighted by molar-refractivity contribution is -0.00259. The van der Waals surface area contributed by atoms with Crippen molar-refractivity contribution in [3.05, 3.63) is 35.5 Å². The Kier molecular flexibility index (Phi) is 7.37. The van der Waals surface area contributed by atoms with Crippen LogP contribution < -0.4 is 0 Å². The van der Waals surface area contributed by atoms with E-state index in [-0.39, 0.29) is 23.5 Å². The molecule has 3 rings (SSSR count). The van der Waals surface area contributed by atoms with E-state index in [1.54, 1.807) is 5.57 Å². The van der Waals surface area contributed by atoms with Crippen molar-refractivity contribution in [2.75, 3.05) is 0 Å². The van der Waals surface area contributed by atoms with E-state index in [2.05, 4.69) is 32.6 Å². The van der Waals surface area contributed by atoms with Crippen LogP contribution in [0.2, 0.25) is 0 Å². The fourth-order valence-corrected chi connectivity index (χ4v) is 6.57. The summed E-state index contributed by atoms with van der Waals surface area (Å²) in [4.78, 5) is 0. The van der Waals surface area contributed by atoms with E-state index in [1.165, 1.54) is 43.3 Å². The molecule has 0 aromatic heterocycles. The molecule has 0 bridgehead atoms. The molecule has 3 aliphatic carbocycles. The van der Waals surface area contributed by atoms with E-state index in [0.29, 0.717) is 24.7 Å². The first kappa shape index (κ1) is 23.8. The molecule has 3 fully saturated rings. The Labute approximate surface area is 184 Å². The quantitative estimate of drug-likeness (QED) is 0.520. The summed E-state index contributed by atoms with van der Waals surface area (Å²) in [5, 5.41) is 30.9. The average molecular weight is 417 g/mol. The van der Waals surface area contributed by atoms with E-state index in [4.69, 9.17) is 0 Å². The highest BCUT2D eigenvalue weighted by atomic mass is 16.3. The van der Waals surface area contributed by atoms with Gasteiger partial charge in [-0.25, -0.2) is 0 Å². The summed E-state index contributed by atoms with van der Waals surface area (Å²) in [6.07, 6.45) is 13.8. The summed E-state index contributed by atoms with van der Waals surface area (Å²) in [7, 11) is 0. The second kappa shape index (κ2) is 9.30. The number of rotatable bonds is 6. The maximum atomic E-state index is 10.9. The van der Waals surface area contributed by atoms with Crippen molar-refractivity contribution in [1.82, 2.24) is 0 Å². The van der Waals surface area contributed by atoms with Crippen molar-refractivity contribution in [1.29, 1.82) is 0 Å². The maximum Gasteiger partial charge on any atom is 0.0592 e. The lowest BCUT2D eigenvalue weighted by Gasteiger charge is -2.45. The van der Waals surface area contributed by atoms with Gasteiger partial charge in [-0.05, 0) is 107 Å². The molecule has 3 saturated carbocycles. The van der Waals surface area contributed by atoms with Gasteiger partial charge in [-0.3, -0.25) is 0 Å². The standard InChI is InChI=1S/C27H44O3/c1-18-8-11-22(28)17-21(18)10-9-20-7-6-15-27(5)23(12-13-24(20)27)19(2)25(29)14-16-26(3,4)30/h9-10,19,22-25,28-30H,1,6-8,11-17H2,2-5H3/b20-9+,21-10+/t19-,22-,23+,24-,25+,27+/m0/s1. The summed E-state index contributed by atoms with van der Waals surface area (Å²) in [5.74, 6) is 1.38. The third-order valence-corrected chi connectivity index (χ3v) is 8.52. The Hall–Kier alpha value is -0.900. The molecule has 3 nitrogen and oxygen atoms in total. The van der Waals surface area contributed by atoms with Gasteiger partial charge in [0, 0.05) is 0 Å². The number of hydrogen-bond acceptors (Lipinski definition) is 3. The SMILES string of the molecule is C=C1CC[C@H](O)C/C1=C\C=C1/CCC[C@]2(C)[C@@H]([C@H](C)[C@H](O)CCC(C)(C)O)CC[C@@H]12. The molecule has 0 aliphatic heterocycles. The molecule has 3 aliphatic rings. The van der Waals surface area contributed by atoms with E-state index >= 15 is 0 Å². The van der Waals surface area contributed by atoms with Gasteiger partial charge < -0.3 is 15.3 Å². The van der Waals surface area contributed by atoms with Crippen molar-refractivity contribution >= 4 is 0 Å². The predicted molar refractivity (Wildman–Crippen MR) is 124 cm³/mol. The maximum absolute atomic E-state index is 10.9. The molecule has 0 aromatic carbocycles. The van der Waals surface area contributed by atoms with Crippen LogP contribution in [0, 0.1) is 23.2 Å². The minimum atomic E-state index is -0.715. The first-order chi connectivity index (χ1) is 14.0. The van der Waals surface area contributed by atoms with E-state index in [9.17, 15) is 15.3 Å². The van der Waals surface area contributed by atoms with Crippen molar-refractivity contribution in [3.63, 3.8) is 0 Å². The zero-order valence-electron chi connectivity index (χ0n) is 19.7. The Morgan fingerprint density at radius 3 is 2.63 bits per heavy atom. The molecule has 0 amide bonds. The minimum absolute atomic E-state index is 0.223. The van der Waals surface area contributed by atoms with Crippen LogP contribution in [0.3, 0.4) is 0 Å². The zero-order valence-corrected chi connectivity index (χ0v) is 19.7. The Morgan fingerprint density at radius 1 is 1.20 bits per heavy atom. The van der Waals surface area contributed by atoms with Gasteiger partial charge in [0.2, 0.25) is 0 Å². The molecule has 0 aromatic rings. The van der Waals surface area contributed by atoms with Gasteiger partial charge in [-0.2, -0.15) is 0 Å². The van der Waals surface area contributed by atoms with Gasteiger partial charge in [-0.15, -0.1) is 0 Å². The Morgan fingerprint density at radius 2 is 1.93 bits per heavy atom. The molecule has 0 unspecified atom stereocenters. The molecule has 170 valence electrons. The highest BCUT2D eigenvalue weighted by molar-refractivity contribution is 5.36. The molecule has 3 heteroatoms. The van der Waals surface area contributed by atoms with Crippen molar-refractivity contribution in [3.8, 4) is 0 Å². The van der Waals surface area contributed by atoms with Crippen LogP contribution in [0.25, 0.3) is 0 Å². The smallest absolute Gasteiger partial charge is 0.0592 e. The second-order valence-corrected chi connectivity index (χ2v) is 11.3. The summed E-state index contributed by atoms with van der Waals surface area (Å²) in [6, 6.07) is 0. The molecule has 0 radical (unpaired) electrons. The lowest BCUT2D eigenvalue weighted by atomic mass is 9.60. The number of aliphatic hydroxyl groups is 3. The molecule has 3 N–H and O–H groups in total. The monoisotopic (exact) mass is 416 g/mol. The number of hydrogen-bond donors (Lipinski definition) is 3. The molecule has 0 heterocycles. The van der Waals surface area contributed by atoms with Crippen LogP contribution in [0.15, 0.2) is 35.5 Å². The van der Waals surface area contributed by atoms with Crippen LogP contribution in [0.4, 0.5) is 0 Å². The van der Waals surface area contributed by atoms with Crippen LogP contribution in [-0.4, -0.2) is 33.1 Å². The lowest BCUT2D eigenvalue weighted by Crippen LogP contribution is -2.39. The summed E-state index contributed by atoms with van der Waals surface area (Å²) in [5.41, 5.74) is 3.50. The molecular formula is C27H44O3. The average Bonchev–Trinajstić information content (AvgIpc) is 3.03. The molecule has 6 atom stereocenters. The molecular weight excluding hydrogens is 372 g/mol. The zero-order chi connectivity index (χ0) is 22.1. The van der Waals surface area contributed by atoms with Gasteiger partial charge in [0.05, 0.1) is 17.8 Å². The van der Waals surface area contributed by atoms with Gasteiger partial charge in [0.15, 0.2) is 0 Å². The van der Waals surface area contributed by atoms with Crippen molar-refractivity contribution in [2.45, 2.75) is 110 Å². The van der Waals surface area contributed by atoms with Gasteiger partial charge in [-0.1, -0.05) is 43.7 Å². The predicted octanol–water partition coefficient (Wildman–Crippen LogP) is 5.70. The number of allylic oxidation sites excluding steroid dienone is 4. The van der Waals surface area contributed by atoms with Gasteiger partial charge >= 0.3 is 0 Å². The van der Waals surface area contributed by atoms with Crippen LogP contribution in [0.1, 0.15) is 91.9 Å². The molecule has 0 saturated heterocycles. The first-order valence-corrected chi connectivity index (χ1v) is 12.2. The fraction of sp³-hybridized carbons (Fsp3) is 0.778. The van der Waals surface area contributed by atoms with Crippen LogP contribution >= 0.6 is 0 Å². The third kappa shape index (κ3) is 5.29. The first-order valence-electron chi connectivity index (χ1n) is 12.2. The third-order valence-electron chi connectivity index (χ3n) is 8.52. The van der Waals surface area contributed by atoms with Crippen LogP contribution in [0.5, 0.6) is 0 Å². The fourth-order valence-electron chi connectivity index (χ4n) is 6.57. The summed E-state index contributed by atoms with van der Waals surface area (Å²) >= 11 is 0. The molecule has 30 heavy (non-hydrogen) atoms. The van der Waals surface area contributed by atoms with Gasteiger partial charge in [0.25, 0.3) is 0 Å². The topological polar surface area (TPSA) is 60.7 Å². The van der Waals surface area contributed by atoms with E-state index < -0.39 is 5.60 Å². The van der Waals surface area contributed by atoms with Crippen molar-refractivity contribution in [2.24, 2.45) is 23.2 Å². The summed E-state index contributed by atoms with van der Waals surface area (Å²) in [6.45, 7) is 12.5. The Bertz CT molecular complexity index is 683. The Balaban J connectivity index is 1.72. The molecule has 0 spiro atoms. The number of aliphatic hydroxyl groups excluding tert-OH is 2. The largest absolute Gasteiger partial charge is 0.393 e. The summed E-state index contributed by atoms with van der Waals surface area (Å²) < 4.78 is 0.